The Morgan fingerprint density at radius 3 is 2.53 bits per heavy atom. The van der Waals surface area contributed by atoms with Crippen LogP contribution in [0.25, 0.3) is 0 Å². The maximum absolute atomic E-state index is 11.5. The van der Waals surface area contributed by atoms with E-state index in [-0.39, 0.29) is 0 Å². The molecule has 0 bridgehead atoms. The summed E-state index contributed by atoms with van der Waals surface area (Å²) in [6.45, 7) is 6.14. The molecule has 19 heavy (non-hydrogen) atoms. The molecule has 3 unspecified atom stereocenters. The topological polar surface area (TPSA) is 49.3 Å². The van der Waals surface area contributed by atoms with Gasteiger partial charge in [0.25, 0.3) is 0 Å². The van der Waals surface area contributed by atoms with E-state index >= 15 is 0 Å². The van der Waals surface area contributed by atoms with Crippen molar-refractivity contribution in [3.63, 3.8) is 0 Å². The Hall–Kier alpha value is -0.570. The molecule has 3 atom stereocenters. The van der Waals surface area contributed by atoms with Crippen LogP contribution in [0.2, 0.25) is 0 Å². The standard InChI is InChI=1S/C16H31NO2/c1-4-7-13-8-6-9-14(11-10-13)17-16(3,12-5-2)15(18)19/h13-14,17H,4-12H2,1-3H3,(H,18,19). The zero-order valence-electron chi connectivity index (χ0n) is 12.9. The van der Waals surface area contributed by atoms with Gasteiger partial charge in [-0.25, -0.2) is 0 Å². The third-order valence-corrected chi connectivity index (χ3v) is 4.53. The van der Waals surface area contributed by atoms with Crippen molar-refractivity contribution < 1.29 is 9.90 Å². The molecule has 0 amide bonds. The molecule has 3 nitrogen and oxygen atoms in total. The van der Waals surface area contributed by atoms with Crippen molar-refractivity contribution in [1.82, 2.24) is 5.32 Å². The lowest BCUT2D eigenvalue weighted by molar-refractivity contribution is -0.145. The van der Waals surface area contributed by atoms with Crippen molar-refractivity contribution in [1.29, 1.82) is 0 Å². The Labute approximate surface area is 118 Å². The molecule has 0 heterocycles. The van der Waals surface area contributed by atoms with Crippen molar-refractivity contribution in [3.8, 4) is 0 Å². The fourth-order valence-corrected chi connectivity index (χ4v) is 3.41. The summed E-state index contributed by atoms with van der Waals surface area (Å²) in [4.78, 5) is 11.5. The van der Waals surface area contributed by atoms with Crippen LogP contribution in [0.5, 0.6) is 0 Å². The molecule has 0 spiro atoms. The normalized spacial score (nSPS) is 27.5. The molecule has 0 aromatic rings. The zero-order chi connectivity index (χ0) is 14.3. The number of aliphatic carboxylic acids is 1. The first-order valence-electron chi connectivity index (χ1n) is 8.03. The smallest absolute Gasteiger partial charge is 0.323 e. The van der Waals surface area contributed by atoms with Crippen LogP contribution in [0.1, 0.15) is 78.6 Å². The minimum Gasteiger partial charge on any atom is -0.480 e. The molecule has 112 valence electrons. The third-order valence-electron chi connectivity index (χ3n) is 4.53. The second-order valence-electron chi connectivity index (χ2n) is 6.39. The average Bonchev–Trinajstić information content (AvgIpc) is 2.55. The Bertz CT molecular complexity index is 280. The van der Waals surface area contributed by atoms with Crippen LogP contribution in [0, 0.1) is 5.92 Å². The summed E-state index contributed by atoms with van der Waals surface area (Å²) in [5.41, 5.74) is -0.746. The van der Waals surface area contributed by atoms with Crippen molar-refractivity contribution in [3.05, 3.63) is 0 Å². The van der Waals surface area contributed by atoms with Gasteiger partial charge in [-0.1, -0.05) is 46.0 Å². The summed E-state index contributed by atoms with van der Waals surface area (Å²) in [5, 5.41) is 12.9. The van der Waals surface area contributed by atoms with Crippen molar-refractivity contribution in [2.75, 3.05) is 0 Å². The molecule has 0 aromatic heterocycles. The van der Waals surface area contributed by atoms with E-state index < -0.39 is 11.5 Å². The van der Waals surface area contributed by atoms with E-state index in [0.29, 0.717) is 12.5 Å². The minimum absolute atomic E-state index is 0.384. The van der Waals surface area contributed by atoms with Crippen LogP contribution in [0.4, 0.5) is 0 Å². The summed E-state index contributed by atoms with van der Waals surface area (Å²) in [6.07, 6.45) is 10.3. The number of hydrogen-bond acceptors (Lipinski definition) is 2. The van der Waals surface area contributed by atoms with Gasteiger partial charge in [-0.05, 0) is 38.5 Å². The highest BCUT2D eigenvalue weighted by Crippen LogP contribution is 2.28. The van der Waals surface area contributed by atoms with Gasteiger partial charge >= 0.3 is 5.97 Å². The first kappa shape index (κ1) is 16.5. The molecule has 1 aliphatic rings. The molecular formula is C16H31NO2. The molecule has 2 N–H and O–H groups in total. The Morgan fingerprint density at radius 2 is 1.95 bits per heavy atom. The monoisotopic (exact) mass is 269 g/mol. The highest BCUT2D eigenvalue weighted by molar-refractivity contribution is 5.78. The van der Waals surface area contributed by atoms with Crippen LogP contribution in [-0.4, -0.2) is 22.7 Å². The van der Waals surface area contributed by atoms with Gasteiger partial charge in [0.2, 0.25) is 0 Å². The molecule has 0 saturated heterocycles. The minimum atomic E-state index is -0.746. The molecule has 1 rings (SSSR count). The SMILES string of the molecule is CCCC1CCCC(NC(C)(CCC)C(=O)O)CC1. The van der Waals surface area contributed by atoms with E-state index in [9.17, 15) is 9.90 Å². The lowest BCUT2D eigenvalue weighted by Gasteiger charge is -2.31. The van der Waals surface area contributed by atoms with E-state index in [2.05, 4.69) is 12.2 Å². The lowest BCUT2D eigenvalue weighted by Crippen LogP contribution is -2.53. The number of carbonyl (C=O) groups is 1. The number of hydrogen-bond donors (Lipinski definition) is 2. The summed E-state index contributed by atoms with van der Waals surface area (Å²) in [7, 11) is 0. The number of carboxylic acid groups (broad SMARTS) is 1. The average molecular weight is 269 g/mol. The van der Waals surface area contributed by atoms with Gasteiger partial charge in [0.15, 0.2) is 0 Å². The van der Waals surface area contributed by atoms with Crippen LogP contribution in [0.3, 0.4) is 0 Å². The third kappa shape index (κ3) is 5.13. The zero-order valence-corrected chi connectivity index (χ0v) is 12.9. The Balaban J connectivity index is 2.53. The molecule has 0 aliphatic heterocycles. The van der Waals surface area contributed by atoms with Crippen LogP contribution in [-0.2, 0) is 4.79 Å². The molecule has 3 heteroatoms. The van der Waals surface area contributed by atoms with E-state index in [1.165, 1.54) is 32.1 Å². The maximum Gasteiger partial charge on any atom is 0.323 e. The van der Waals surface area contributed by atoms with Gasteiger partial charge in [-0.2, -0.15) is 0 Å². The summed E-state index contributed by atoms with van der Waals surface area (Å²) >= 11 is 0. The predicted octanol–water partition coefficient (Wildman–Crippen LogP) is 3.97. The quantitative estimate of drug-likeness (QED) is 0.688. The Morgan fingerprint density at radius 1 is 1.21 bits per heavy atom. The second-order valence-corrected chi connectivity index (χ2v) is 6.39. The molecule has 1 fully saturated rings. The fraction of sp³-hybridized carbons (Fsp3) is 0.938. The number of rotatable bonds is 7. The summed E-state index contributed by atoms with van der Waals surface area (Å²) in [6, 6.07) is 0.384. The van der Waals surface area contributed by atoms with Crippen LogP contribution in [0.15, 0.2) is 0 Å². The molecule has 0 aromatic carbocycles. The van der Waals surface area contributed by atoms with Gasteiger partial charge in [0, 0.05) is 6.04 Å². The van der Waals surface area contributed by atoms with E-state index in [0.717, 1.165) is 25.2 Å². The Kier molecular flexibility index (Phi) is 6.84. The van der Waals surface area contributed by atoms with Gasteiger partial charge in [-0.15, -0.1) is 0 Å². The molecule has 0 radical (unpaired) electrons. The van der Waals surface area contributed by atoms with Gasteiger partial charge in [-0.3, -0.25) is 10.1 Å². The van der Waals surface area contributed by atoms with E-state index in [1.54, 1.807) is 0 Å². The fourth-order valence-electron chi connectivity index (χ4n) is 3.41. The van der Waals surface area contributed by atoms with Gasteiger partial charge in [0.1, 0.15) is 5.54 Å². The molecule has 1 saturated carbocycles. The highest BCUT2D eigenvalue weighted by atomic mass is 16.4. The van der Waals surface area contributed by atoms with E-state index in [4.69, 9.17) is 0 Å². The second kappa shape index (κ2) is 7.88. The molecular weight excluding hydrogens is 238 g/mol. The molecule has 1 aliphatic carbocycles. The summed E-state index contributed by atoms with van der Waals surface area (Å²) in [5.74, 6) is 0.155. The first-order chi connectivity index (χ1) is 9.01. The van der Waals surface area contributed by atoms with E-state index in [1.807, 2.05) is 13.8 Å². The first-order valence-corrected chi connectivity index (χ1v) is 8.03. The van der Waals surface area contributed by atoms with Crippen LogP contribution < -0.4 is 5.32 Å². The van der Waals surface area contributed by atoms with Crippen LogP contribution >= 0.6 is 0 Å². The largest absolute Gasteiger partial charge is 0.480 e. The predicted molar refractivity (Wildman–Crippen MR) is 79.4 cm³/mol. The van der Waals surface area contributed by atoms with Crippen molar-refractivity contribution in [2.45, 2.75) is 90.1 Å². The summed E-state index contributed by atoms with van der Waals surface area (Å²) < 4.78 is 0. The highest BCUT2D eigenvalue weighted by Gasteiger charge is 2.34. The number of carboxylic acids is 1. The van der Waals surface area contributed by atoms with Crippen molar-refractivity contribution in [2.24, 2.45) is 5.92 Å². The maximum atomic E-state index is 11.5. The van der Waals surface area contributed by atoms with Crippen molar-refractivity contribution >= 4 is 5.97 Å². The van der Waals surface area contributed by atoms with Gasteiger partial charge < -0.3 is 5.11 Å². The number of nitrogens with one attached hydrogen (secondary N) is 1. The lowest BCUT2D eigenvalue weighted by atomic mass is 9.93. The van der Waals surface area contributed by atoms with Gasteiger partial charge in [0.05, 0.1) is 0 Å².